The van der Waals surface area contributed by atoms with Gasteiger partial charge in [0.15, 0.2) is 0 Å². The van der Waals surface area contributed by atoms with Gasteiger partial charge >= 0.3 is 5.97 Å². The summed E-state index contributed by atoms with van der Waals surface area (Å²) in [5, 5.41) is 11.1. The standard InChI is InChI=1S/C17H23N5O3/c1-17(2,3)25-15(23)11-21(4)16(24)14(22-12-18-19-20-22)10-13-8-6-5-7-9-13/h5-9,12,14H,10-11H2,1-4H3. The normalized spacial score (nSPS) is 12.5. The van der Waals surface area contributed by atoms with Crippen molar-refractivity contribution in [3.05, 3.63) is 42.2 Å². The molecule has 2 aromatic rings. The molecule has 25 heavy (non-hydrogen) atoms. The van der Waals surface area contributed by atoms with E-state index in [9.17, 15) is 9.59 Å². The van der Waals surface area contributed by atoms with Crippen molar-refractivity contribution in [2.45, 2.75) is 38.8 Å². The predicted molar refractivity (Wildman–Crippen MR) is 90.5 cm³/mol. The quantitative estimate of drug-likeness (QED) is 0.732. The molecule has 0 radical (unpaired) electrons. The zero-order chi connectivity index (χ0) is 18.4. The van der Waals surface area contributed by atoms with Crippen LogP contribution in [0.4, 0.5) is 0 Å². The van der Waals surface area contributed by atoms with E-state index >= 15 is 0 Å². The first-order valence-corrected chi connectivity index (χ1v) is 7.99. The fraction of sp³-hybridized carbons (Fsp3) is 0.471. The Bertz CT molecular complexity index is 695. The lowest BCUT2D eigenvalue weighted by Crippen LogP contribution is -2.40. The number of benzene rings is 1. The highest BCUT2D eigenvalue weighted by Gasteiger charge is 2.28. The highest BCUT2D eigenvalue weighted by Crippen LogP contribution is 2.16. The van der Waals surface area contributed by atoms with Gasteiger partial charge in [-0.3, -0.25) is 9.59 Å². The van der Waals surface area contributed by atoms with Gasteiger partial charge in [0.05, 0.1) is 0 Å². The second-order valence-corrected chi connectivity index (χ2v) is 6.78. The van der Waals surface area contributed by atoms with Gasteiger partial charge in [-0.1, -0.05) is 30.3 Å². The number of ether oxygens (including phenoxy) is 1. The van der Waals surface area contributed by atoms with E-state index in [0.717, 1.165) is 5.56 Å². The zero-order valence-electron chi connectivity index (χ0n) is 14.9. The third-order valence-electron chi connectivity index (χ3n) is 3.40. The number of tetrazole rings is 1. The lowest BCUT2D eigenvalue weighted by Gasteiger charge is -2.25. The van der Waals surface area contributed by atoms with E-state index in [4.69, 9.17) is 4.74 Å². The lowest BCUT2D eigenvalue weighted by atomic mass is 10.1. The van der Waals surface area contributed by atoms with Crippen molar-refractivity contribution >= 4 is 11.9 Å². The molecule has 0 aliphatic carbocycles. The van der Waals surface area contributed by atoms with Gasteiger partial charge in [-0.2, -0.15) is 0 Å². The number of carbonyl (C=O) groups is 2. The Morgan fingerprint density at radius 1 is 1.24 bits per heavy atom. The van der Waals surface area contributed by atoms with Crippen molar-refractivity contribution < 1.29 is 14.3 Å². The number of likely N-dealkylation sites (N-methyl/N-ethyl adjacent to an activating group) is 1. The minimum atomic E-state index is -0.634. The van der Waals surface area contributed by atoms with Gasteiger partial charge in [0, 0.05) is 13.5 Å². The Kier molecular flexibility index (Phi) is 5.84. The van der Waals surface area contributed by atoms with E-state index < -0.39 is 17.6 Å². The maximum atomic E-state index is 12.8. The topological polar surface area (TPSA) is 90.2 Å². The lowest BCUT2D eigenvalue weighted by molar-refractivity contribution is -0.158. The van der Waals surface area contributed by atoms with Crippen LogP contribution >= 0.6 is 0 Å². The zero-order valence-corrected chi connectivity index (χ0v) is 14.9. The molecule has 0 bridgehead atoms. The molecule has 1 aromatic carbocycles. The molecule has 134 valence electrons. The summed E-state index contributed by atoms with van der Waals surface area (Å²) in [5.41, 5.74) is 0.377. The Hall–Kier alpha value is -2.77. The molecule has 8 nitrogen and oxygen atoms in total. The number of amides is 1. The van der Waals surface area contributed by atoms with E-state index in [-0.39, 0.29) is 12.5 Å². The van der Waals surface area contributed by atoms with Crippen LogP contribution in [0.1, 0.15) is 32.4 Å². The number of carbonyl (C=O) groups excluding carboxylic acids is 2. The molecule has 8 heteroatoms. The average Bonchev–Trinajstić information content (AvgIpc) is 3.05. The summed E-state index contributed by atoms with van der Waals surface area (Å²) in [5.74, 6) is -0.722. The molecular weight excluding hydrogens is 322 g/mol. The summed E-state index contributed by atoms with van der Waals surface area (Å²) in [4.78, 5) is 26.2. The third kappa shape index (κ3) is 5.66. The van der Waals surface area contributed by atoms with Crippen molar-refractivity contribution in [3.8, 4) is 0 Å². The van der Waals surface area contributed by atoms with Crippen molar-refractivity contribution in [1.82, 2.24) is 25.1 Å². The minimum absolute atomic E-state index is 0.135. The summed E-state index contributed by atoms with van der Waals surface area (Å²) in [6, 6.07) is 8.94. The van der Waals surface area contributed by atoms with Gasteiger partial charge in [-0.05, 0) is 36.8 Å². The second kappa shape index (κ2) is 7.87. The third-order valence-corrected chi connectivity index (χ3v) is 3.40. The number of esters is 1. The largest absolute Gasteiger partial charge is 0.459 e. The van der Waals surface area contributed by atoms with Crippen molar-refractivity contribution in [1.29, 1.82) is 0 Å². The Labute approximate surface area is 146 Å². The molecule has 1 heterocycles. The van der Waals surface area contributed by atoms with Crippen LogP contribution in [0, 0.1) is 0 Å². The van der Waals surface area contributed by atoms with E-state index in [1.165, 1.54) is 15.9 Å². The van der Waals surface area contributed by atoms with Gasteiger partial charge in [-0.15, -0.1) is 5.10 Å². The summed E-state index contributed by atoms with van der Waals surface area (Å²) >= 11 is 0. The van der Waals surface area contributed by atoms with Crippen molar-refractivity contribution in [2.75, 3.05) is 13.6 Å². The van der Waals surface area contributed by atoms with Gasteiger partial charge in [0.2, 0.25) is 5.91 Å². The van der Waals surface area contributed by atoms with Crippen LogP contribution in [0.2, 0.25) is 0 Å². The minimum Gasteiger partial charge on any atom is -0.459 e. The van der Waals surface area contributed by atoms with E-state index in [0.29, 0.717) is 6.42 Å². The highest BCUT2D eigenvalue weighted by atomic mass is 16.6. The first kappa shape index (κ1) is 18.6. The first-order valence-electron chi connectivity index (χ1n) is 7.99. The summed E-state index contributed by atoms with van der Waals surface area (Å²) in [6.45, 7) is 5.22. The van der Waals surface area contributed by atoms with Crippen LogP contribution in [0.15, 0.2) is 36.7 Å². The number of hydrogen-bond donors (Lipinski definition) is 0. The maximum Gasteiger partial charge on any atom is 0.326 e. The monoisotopic (exact) mass is 345 g/mol. The van der Waals surface area contributed by atoms with Gasteiger partial charge in [0.25, 0.3) is 0 Å². The molecule has 2 rings (SSSR count). The van der Waals surface area contributed by atoms with Gasteiger partial charge in [0.1, 0.15) is 24.5 Å². The molecule has 0 saturated carbocycles. The number of hydrogen-bond acceptors (Lipinski definition) is 6. The number of rotatable bonds is 6. The highest BCUT2D eigenvalue weighted by molar-refractivity contribution is 5.84. The van der Waals surface area contributed by atoms with Crippen LogP contribution in [-0.4, -0.2) is 56.2 Å². The predicted octanol–water partition coefficient (Wildman–Crippen LogP) is 1.26. The van der Waals surface area contributed by atoms with Crippen LogP contribution in [0.5, 0.6) is 0 Å². The molecule has 0 aliphatic heterocycles. The van der Waals surface area contributed by atoms with Crippen LogP contribution in [0.3, 0.4) is 0 Å². The molecule has 0 spiro atoms. The molecular formula is C17H23N5O3. The molecule has 0 saturated heterocycles. The molecule has 1 atom stereocenters. The fourth-order valence-corrected chi connectivity index (χ4v) is 2.34. The SMILES string of the molecule is CN(CC(=O)OC(C)(C)C)C(=O)C(Cc1ccccc1)n1cnnn1. The van der Waals surface area contributed by atoms with Gasteiger partial charge in [-0.25, -0.2) is 4.68 Å². The molecule has 1 amide bonds. The summed E-state index contributed by atoms with van der Waals surface area (Å²) < 4.78 is 6.67. The van der Waals surface area contributed by atoms with Crippen LogP contribution < -0.4 is 0 Å². The maximum absolute atomic E-state index is 12.8. The molecule has 0 N–H and O–H groups in total. The smallest absolute Gasteiger partial charge is 0.326 e. The van der Waals surface area contributed by atoms with Crippen molar-refractivity contribution in [3.63, 3.8) is 0 Å². The van der Waals surface area contributed by atoms with Crippen LogP contribution in [0.25, 0.3) is 0 Å². The Morgan fingerprint density at radius 3 is 2.48 bits per heavy atom. The molecule has 0 aliphatic rings. The second-order valence-electron chi connectivity index (χ2n) is 6.78. The molecule has 0 fully saturated rings. The van der Waals surface area contributed by atoms with E-state index in [1.807, 2.05) is 30.3 Å². The van der Waals surface area contributed by atoms with Crippen LogP contribution in [-0.2, 0) is 20.7 Å². The Balaban J connectivity index is 2.11. The molecule has 1 unspecified atom stereocenters. The van der Waals surface area contributed by atoms with E-state index in [2.05, 4.69) is 15.5 Å². The van der Waals surface area contributed by atoms with E-state index in [1.54, 1.807) is 27.8 Å². The number of nitrogens with zero attached hydrogens (tertiary/aromatic N) is 5. The van der Waals surface area contributed by atoms with Crippen molar-refractivity contribution in [2.24, 2.45) is 0 Å². The Morgan fingerprint density at radius 2 is 1.92 bits per heavy atom. The summed E-state index contributed by atoms with van der Waals surface area (Å²) in [7, 11) is 1.56. The molecule has 1 aromatic heterocycles. The van der Waals surface area contributed by atoms with Gasteiger partial charge < -0.3 is 9.64 Å². The fourth-order valence-electron chi connectivity index (χ4n) is 2.34. The first-order chi connectivity index (χ1) is 11.8. The summed E-state index contributed by atoms with van der Waals surface area (Å²) in [6.07, 6.45) is 1.82. The number of aromatic nitrogens is 4. The average molecular weight is 345 g/mol.